The Morgan fingerprint density at radius 2 is 2.06 bits per heavy atom. The van der Waals surface area contributed by atoms with E-state index in [-0.39, 0.29) is 0 Å². The Hall–Kier alpha value is -1.27. The molecule has 4 nitrogen and oxygen atoms in total. The molecule has 0 aliphatic heterocycles. The van der Waals surface area contributed by atoms with Crippen LogP contribution in [0.3, 0.4) is 0 Å². The molecule has 1 aromatic carbocycles. The minimum atomic E-state index is 0.513. The van der Waals surface area contributed by atoms with Crippen molar-refractivity contribution in [2.24, 2.45) is 0 Å². The summed E-state index contributed by atoms with van der Waals surface area (Å²) in [5.41, 5.74) is 6.74. The van der Waals surface area contributed by atoms with Gasteiger partial charge < -0.3 is 10.5 Å². The van der Waals surface area contributed by atoms with E-state index in [1.54, 1.807) is 11.8 Å². The number of aromatic nitrogens is 2. The maximum atomic E-state index is 5.52. The number of rotatable bonds is 5. The Bertz CT molecular complexity index is 470. The predicted octanol–water partition coefficient (Wildman–Crippen LogP) is 2.81. The molecule has 17 heavy (non-hydrogen) atoms. The molecule has 6 heteroatoms. The summed E-state index contributed by atoms with van der Waals surface area (Å²) >= 11 is 3.05. The van der Waals surface area contributed by atoms with Crippen LogP contribution in [0.5, 0.6) is 5.75 Å². The van der Waals surface area contributed by atoms with Gasteiger partial charge in [0, 0.05) is 5.75 Å². The van der Waals surface area contributed by atoms with E-state index >= 15 is 0 Å². The number of nitrogens with zero attached hydrogens (tertiary/aromatic N) is 2. The van der Waals surface area contributed by atoms with Gasteiger partial charge in [0.15, 0.2) is 4.34 Å². The molecule has 90 valence electrons. The first-order valence-corrected chi connectivity index (χ1v) is 7.01. The standard InChI is InChI=1S/C11H13N3OS2/c1-2-15-9-5-3-8(4-6-9)7-16-11-14-13-10(12)17-11/h3-6H,2,7H2,1H3,(H2,12,13). The second-order valence-corrected chi connectivity index (χ2v) is 5.50. The van der Waals surface area contributed by atoms with Crippen molar-refractivity contribution in [2.75, 3.05) is 12.3 Å². The normalized spacial score (nSPS) is 10.4. The minimum Gasteiger partial charge on any atom is -0.494 e. The molecule has 2 aromatic rings. The van der Waals surface area contributed by atoms with E-state index in [9.17, 15) is 0 Å². The van der Waals surface area contributed by atoms with Gasteiger partial charge in [-0.25, -0.2) is 0 Å². The van der Waals surface area contributed by atoms with Gasteiger partial charge in [0.05, 0.1) is 6.61 Å². The lowest BCUT2D eigenvalue weighted by atomic mass is 10.2. The lowest BCUT2D eigenvalue weighted by Gasteiger charge is -2.03. The molecule has 0 saturated carbocycles. The molecule has 0 aliphatic rings. The molecule has 2 rings (SSSR count). The lowest BCUT2D eigenvalue weighted by Crippen LogP contribution is -1.91. The Morgan fingerprint density at radius 1 is 1.29 bits per heavy atom. The lowest BCUT2D eigenvalue weighted by molar-refractivity contribution is 0.340. The first-order chi connectivity index (χ1) is 8.28. The predicted molar refractivity (Wildman–Crippen MR) is 71.5 cm³/mol. The van der Waals surface area contributed by atoms with Gasteiger partial charge in [-0.2, -0.15) is 0 Å². The third kappa shape index (κ3) is 3.61. The number of anilines is 1. The van der Waals surface area contributed by atoms with Gasteiger partial charge in [0.2, 0.25) is 5.13 Å². The number of hydrogen-bond donors (Lipinski definition) is 1. The molecule has 2 N–H and O–H groups in total. The van der Waals surface area contributed by atoms with Crippen molar-refractivity contribution in [1.82, 2.24) is 10.2 Å². The second-order valence-electron chi connectivity index (χ2n) is 3.27. The molecule has 1 aromatic heterocycles. The molecule has 0 saturated heterocycles. The molecule has 0 atom stereocenters. The monoisotopic (exact) mass is 267 g/mol. The average Bonchev–Trinajstić information content (AvgIpc) is 2.75. The van der Waals surface area contributed by atoms with Crippen molar-refractivity contribution in [1.29, 1.82) is 0 Å². The van der Waals surface area contributed by atoms with Gasteiger partial charge in [-0.15, -0.1) is 10.2 Å². The quantitative estimate of drug-likeness (QED) is 0.844. The number of benzene rings is 1. The fraction of sp³-hybridized carbons (Fsp3) is 0.273. The molecule has 0 bridgehead atoms. The highest BCUT2D eigenvalue weighted by Gasteiger charge is 2.02. The van der Waals surface area contributed by atoms with E-state index in [2.05, 4.69) is 22.3 Å². The van der Waals surface area contributed by atoms with E-state index in [1.165, 1.54) is 16.9 Å². The Kier molecular flexibility index (Phi) is 4.22. The third-order valence-corrected chi connectivity index (χ3v) is 3.98. The average molecular weight is 267 g/mol. The van der Waals surface area contributed by atoms with Gasteiger partial charge in [-0.1, -0.05) is 35.2 Å². The van der Waals surface area contributed by atoms with Crippen molar-refractivity contribution < 1.29 is 4.74 Å². The van der Waals surface area contributed by atoms with Gasteiger partial charge in [-0.05, 0) is 24.6 Å². The van der Waals surface area contributed by atoms with Gasteiger partial charge in [0.1, 0.15) is 5.75 Å². The molecule has 0 fully saturated rings. The van der Waals surface area contributed by atoms with E-state index in [4.69, 9.17) is 10.5 Å². The van der Waals surface area contributed by atoms with Crippen LogP contribution in [0.25, 0.3) is 0 Å². The summed E-state index contributed by atoms with van der Waals surface area (Å²) in [6.07, 6.45) is 0. The van der Waals surface area contributed by atoms with Crippen LogP contribution >= 0.6 is 23.1 Å². The fourth-order valence-corrected chi connectivity index (χ4v) is 2.86. The third-order valence-electron chi connectivity index (χ3n) is 2.02. The van der Waals surface area contributed by atoms with Gasteiger partial charge in [0.25, 0.3) is 0 Å². The number of hydrogen-bond acceptors (Lipinski definition) is 6. The highest BCUT2D eigenvalue weighted by molar-refractivity contribution is 8.00. The number of ether oxygens (including phenoxy) is 1. The summed E-state index contributed by atoms with van der Waals surface area (Å²) < 4.78 is 6.28. The Balaban J connectivity index is 1.90. The second kappa shape index (κ2) is 5.88. The Labute approximate surface area is 108 Å². The van der Waals surface area contributed by atoms with Crippen molar-refractivity contribution in [3.05, 3.63) is 29.8 Å². The summed E-state index contributed by atoms with van der Waals surface area (Å²) in [5, 5.41) is 8.25. The summed E-state index contributed by atoms with van der Waals surface area (Å²) in [5.74, 6) is 1.77. The molecule has 0 aliphatic carbocycles. The molecular weight excluding hydrogens is 254 g/mol. The number of nitrogen functional groups attached to an aromatic ring is 1. The highest BCUT2D eigenvalue weighted by Crippen LogP contribution is 2.27. The smallest absolute Gasteiger partial charge is 0.203 e. The number of nitrogens with two attached hydrogens (primary N) is 1. The summed E-state index contributed by atoms with van der Waals surface area (Å²) in [6.45, 7) is 2.67. The van der Waals surface area contributed by atoms with Crippen LogP contribution in [0.4, 0.5) is 5.13 Å². The van der Waals surface area contributed by atoms with E-state index in [0.717, 1.165) is 15.8 Å². The van der Waals surface area contributed by atoms with Crippen molar-refractivity contribution in [3.8, 4) is 5.75 Å². The van der Waals surface area contributed by atoms with E-state index < -0.39 is 0 Å². The summed E-state index contributed by atoms with van der Waals surface area (Å²) in [7, 11) is 0. The molecule has 0 unspecified atom stereocenters. The molecule has 0 amide bonds. The molecule has 0 spiro atoms. The maximum absolute atomic E-state index is 5.52. The summed E-state index contributed by atoms with van der Waals surface area (Å²) in [4.78, 5) is 0. The topological polar surface area (TPSA) is 61.0 Å². The van der Waals surface area contributed by atoms with Crippen molar-refractivity contribution >= 4 is 28.2 Å². The van der Waals surface area contributed by atoms with Gasteiger partial charge >= 0.3 is 0 Å². The van der Waals surface area contributed by atoms with Gasteiger partial charge in [-0.3, -0.25) is 0 Å². The molecule has 1 heterocycles. The van der Waals surface area contributed by atoms with Crippen LogP contribution in [0.1, 0.15) is 12.5 Å². The highest BCUT2D eigenvalue weighted by atomic mass is 32.2. The van der Waals surface area contributed by atoms with Crippen LogP contribution in [-0.4, -0.2) is 16.8 Å². The van der Waals surface area contributed by atoms with Crippen LogP contribution in [0.15, 0.2) is 28.6 Å². The van der Waals surface area contributed by atoms with Crippen LogP contribution in [0.2, 0.25) is 0 Å². The van der Waals surface area contributed by atoms with Crippen LogP contribution in [-0.2, 0) is 5.75 Å². The maximum Gasteiger partial charge on any atom is 0.203 e. The zero-order chi connectivity index (χ0) is 12.1. The van der Waals surface area contributed by atoms with Crippen LogP contribution in [0, 0.1) is 0 Å². The van der Waals surface area contributed by atoms with Crippen LogP contribution < -0.4 is 10.5 Å². The van der Waals surface area contributed by atoms with E-state index in [1.807, 2.05) is 19.1 Å². The zero-order valence-corrected chi connectivity index (χ0v) is 11.1. The van der Waals surface area contributed by atoms with E-state index in [0.29, 0.717) is 11.7 Å². The first-order valence-electron chi connectivity index (χ1n) is 5.21. The summed E-state index contributed by atoms with van der Waals surface area (Å²) in [6, 6.07) is 8.08. The SMILES string of the molecule is CCOc1ccc(CSc2nnc(N)s2)cc1. The molecular formula is C11H13N3OS2. The zero-order valence-electron chi connectivity index (χ0n) is 9.42. The van der Waals surface area contributed by atoms with Crippen molar-refractivity contribution in [3.63, 3.8) is 0 Å². The minimum absolute atomic E-state index is 0.513. The Morgan fingerprint density at radius 3 is 2.65 bits per heavy atom. The number of thioether (sulfide) groups is 1. The largest absolute Gasteiger partial charge is 0.494 e. The molecule has 0 radical (unpaired) electrons. The first kappa shape index (κ1) is 12.2. The fourth-order valence-electron chi connectivity index (χ4n) is 1.27. The van der Waals surface area contributed by atoms with Crippen molar-refractivity contribution in [2.45, 2.75) is 17.0 Å².